The highest BCUT2D eigenvalue weighted by Crippen LogP contribution is 2.27. The van der Waals surface area contributed by atoms with Crippen LogP contribution in [-0.2, 0) is 0 Å². The van der Waals surface area contributed by atoms with Gasteiger partial charge in [0.15, 0.2) is 0 Å². The second-order valence-corrected chi connectivity index (χ2v) is 9.89. The Morgan fingerprint density at radius 2 is 1.86 bits per heavy atom. The molecule has 0 saturated carbocycles. The molecule has 1 heterocycles. The van der Waals surface area contributed by atoms with Crippen molar-refractivity contribution < 1.29 is 0 Å². The fourth-order valence-electron chi connectivity index (χ4n) is 2.05. The molecule has 0 aromatic carbocycles. The van der Waals surface area contributed by atoms with Crippen LogP contribution in [-0.4, -0.2) is 32.6 Å². The van der Waals surface area contributed by atoms with Crippen LogP contribution in [0.15, 0.2) is 12.2 Å². The van der Waals surface area contributed by atoms with Crippen LogP contribution in [0.4, 0.5) is 0 Å². The minimum Gasteiger partial charge on any atom is -0.301 e. The summed E-state index contributed by atoms with van der Waals surface area (Å²) < 4.78 is 0. The molecule has 1 aliphatic heterocycles. The molecule has 0 N–H and O–H groups in total. The Hall–Kier alpha value is -0.0831. The molecule has 0 spiro atoms. The minimum atomic E-state index is -0.916. The molecular formula is C12H25NSi. The second-order valence-electron chi connectivity index (χ2n) is 4.57. The summed E-state index contributed by atoms with van der Waals surface area (Å²) in [7, 11) is -0.916. The highest BCUT2D eigenvalue weighted by atomic mass is 28.3. The molecule has 14 heavy (non-hydrogen) atoms. The Balaban J connectivity index is 2.39. The van der Waals surface area contributed by atoms with Gasteiger partial charge in [-0.1, -0.05) is 38.1 Å². The summed E-state index contributed by atoms with van der Waals surface area (Å²) >= 11 is 0. The molecule has 0 radical (unpaired) electrons. The lowest BCUT2D eigenvalue weighted by atomic mass is 10.6. The van der Waals surface area contributed by atoms with E-state index in [4.69, 9.17) is 0 Å². The molecule has 1 fully saturated rings. The highest BCUT2D eigenvalue weighted by Gasteiger charge is 2.29. The van der Waals surface area contributed by atoms with Crippen LogP contribution >= 0.6 is 0 Å². The molecule has 0 aliphatic carbocycles. The van der Waals surface area contributed by atoms with Crippen LogP contribution in [0.2, 0.25) is 24.2 Å². The van der Waals surface area contributed by atoms with Crippen LogP contribution in [0.5, 0.6) is 0 Å². The Morgan fingerprint density at radius 1 is 1.21 bits per heavy atom. The summed E-state index contributed by atoms with van der Waals surface area (Å²) in [4.78, 5) is 2.57. The lowest BCUT2D eigenvalue weighted by molar-refractivity contribution is 0.588. The first-order valence-corrected chi connectivity index (χ1v) is 8.92. The fraction of sp³-hybridized carbons (Fsp3) is 0.833. The van der Waals surface area contributed by atoms with Crippen molar-refractivity contribution in [2.75, 3.05) is 19.6 Å². The average Bonchev–Trinajstić information content (AvgIpc) is 3.03. The molecular weight excluding hydrogens is 186 g/mol. The average molecular weight is 211 g/mol. The molecule has 0 amide bonds. The van der Waals surface area contributed by atoms with Crippen molar-refractivity contribution in [3.8, 4) is 0 Å². The minimum absolute atomic E-state index is 0.916. The molecule has 0 atom stereocenters. The van der Waals surface area contributed by atoms with Gasteiger partial charge < -0.3 is 4.90 Å². The van der Waals surface area contributed by atoms with Crippen LogP contribution < -0.4 is 0 Å². The van der Waals surface area contributed by atoms with Gasteiger partial charge in [-0.25, -0.2) is 0 Å². The third-order valence-electron chi connectivity index (χ3n) is 3.78. The van der Waals surface area contributed by atoms with E-state index >= 15 is 0 Å². The van der Waals surface area contributed by atoms with Crippen molar-refractivity contribution in [2.24, 2.45) is 0 Å². The van der Waals surface area contributed by atoms with Gasteiger partial charge in [0.1, 0.15) is 0 Å². The maximum Gasteiger partial charge on any atom is 0.0580 e. The quantitative estimate of drug-likeness (QED) is 0.354. The zero-order valence-electron chi connectivity index (χ0n) is 10.1. The first-order chi connectivity index (χ1) is 6.76. The maximum atomic E-state index is 2.57. The van der Waals surface area contributed by atoms with Crippen molar-refractivity contribution in [1.82, 2.24) is 4.90 Å². The van der Waals surface area contributed by atoms with Crippen LogP contribution in [0, 0.1) is 0 Å². The van der Waals surface area contributed by atoms with Crippen molar-refractivity contribution >= 4 is 8.07 Å². The van der Waals surface area contributed by atoms with Crippen molar-refractivity contribution in [3.63, 3.8) is 0 Å². The van der Waals surface area contributed by atoms with Gasteiger partial charge in [0.05, 0.1) is 8.07 Å². The monoisotopic (exact) mass is 211 g/mol. The lowest BCUT2D eigenvalue weighted by Crippen LogP contribution is -2.33. The Bertz CT molecular complexity index is 181. The fourth-order valence-corrected chi connectivity index (χ4v) is 5.57. The number of nitrogens with zero attached hydrogens (tertiary/aromatic N) is 1. The van der Waals surface area contributed by atoms with Gasteiger partial charge in [-0.2, -0.15) is 0 Å². The molecule has 1 nitrogen and oxygen atoms in total. The first kappa shape index (κ1) is 12.0. The highest BCUT2D eigenvalue weighted by molar-refractivity contribution is 6.80. The molecule has 0 aromatic rings. The van der Waals surface area contributed by atoms with Gasteiger partial charge in [0.2, 0.25) is 0 Å². The molecule has 82 valence electrons. The van der Waals surface area contributed by atoms with Gasteiger partial charge in [-0.15, -0.1) is 0 Å². The maximum absolute atomic E-state index is 2.57. The molecule has 1 rings (SSSR count). The molecule has 1 saturated heterocycles. The van der Waals surface area contributed by atoms with E-state index in [1.807, 2.05) is 0 Å². The smallest absolute Gasteiger partial charge is 0.0580 e. The number of allylic oxidation sites excluding steroid dienone is 2. The zero-order chi connectivity index (χ0) is 10.4. The summed E-state index contributed by atoms with van der Waals surface area (Å²) in [5, 5.41) is 0. The van der Waals surface area contributed by atoms with Gasteiger partial charge in [0.25, 0.3) is 0 Å². The summed E-state index contributed by atoms with van der Waals surface area (Å²) in [6.07, 6.45) is 4.63. The SMILES string of the molecule is C/C=C/C[Si](CC)(CC)CCN1CC1. The normalized spacial score (nSPS) is 17.9. The summed E-state index contributed by atoms with van der Waals surface area (Å²) in [5.74, 6) is 0. The Kier molecular flexibility index (Phi) is 4.89. The molecule has 0 unspecified atom stereocenters. The summed E-state index contributed by atoms with van der Waals surface area (Å²) in [6.45, 7) is 11.1. The van der Waals surface area contributed by atoms with E-state index in [-0.39, 0.29) is 0 Å². The van der Waals surface area contributed by atoms with E-state index in [1.54, 1.807) is 0 Å². The standard InChI is InChI=1S/C12H25NSi/c1-4-7-11-14(5-2,6-3)12-10-13-8-9-13/h4,7H,5-6,8-12H2,1-3H3/b7-4+. The molecule has 0 aromatic heterocycles. The summed E-state index contributed by atoms with van der Waals surface area (Å²) in [6, 6.07) is 5.85. The van der Waals surface area contributed by atoms with E-state index in [0.717, 1.165) is 0 Å². The first-order valence-electron chi connectivity index (χ1n) is 6.10. The number of hydrogen-bond donors (Lipinski definition) is 0. The van der Waals surface area contributed by atoms with Crippen LogP contribution in [0.1, 0.15) is 20.8 Å². The lowest BCUT2D eigenvalue weighted by Gasteiger charge is -2.28. The number of hydrogen-bond acceptors (Lipinski definition) is 1. The molecule has 0 bridgehead atoms. The van der Waals surface area contributed by atoms with E-state index < -0.39 is 8.07 Å². The third-order valence-corrected chi connectivity index (χ3v) is 9.17. The van der Waals surface area contributed by atoms with Crippen LogP contribution in [0.25, 0.3) is 0 Å². The Labute approximate surface area is 90.2 Å². The third kappa shape index (κ3) is 3.58. The topological polar surface area (TPSA) is 3.01 Å². The van der Waals surface area contributed by atoms with Gasteiger partial charge in [0, 0.05) is 13.1 Å². The van der Waals surface area contributed by atoms with E-state index in [0.29, 0.717) is 0 Å². The largest absolute Gasteiger partial charge is 0.301 e. The van der Waals surface area contributed by atoms with Gasteiger partial charge in [-0.05, 0) is 25.6 Å². The van der Waals surface area contributed by atoms with E-state index in [1.165, 1.54) is 43.8 Å². The van der Waals surface area contributed by atoms with E-state index in [9.17, 15) is 0 Å². The summed E-state index contributed by atoms with van der Waals surface area (Å²) in [5.41, 5.74) is 0. The predicted octanol–water partition coefficient (Wildman–Crippen LogP) is 3.37. The molecule has 1 aliphatic rings. The van der Waals surface area contributed by atoms with Crippen LogP contribution in [0.3, 0.4) is 0 Å². The molecule has 2 heteroatoms. The van der Waals surface area contributed by atoms with Gasteiger partial charge >= 0.3 is 0 Å². The van der Waals surface area contributed by atoms with E-state index in [2.05, 4.69) is 37.8 Å². The predicted molar refractivity (Wildman–Crippen MR) is 67.6 cm³/mol. The zero-order valence-corrected chi connectivity index (χ0v) is 11.1. The Morgan fingerprint density at radius 3 is 2.29 bits per heavy atom. The van der Waals surface area contributed by atoms with Crippen molar-refractivity contribution in [2.45, 2.75) is 44.9 Å². The van der Waals surface area contributed by atoms with Crippen molar-refractivity contribution in [1.29, 1.82) is 0 Å². The van der Waals surface area contributed by atoms with Crippen molar-refractivity contribution in [3.05, 3.63) is 12.2 Å². The van der Waals surface area contributed by atoms with Gasteiger partial charge in [-0.3, -0.25) is 0 Å². The number of rotatable bonds is 7. The second kappa shape index (κ2) is 5.71.